The highest BCUT2D eigenvalue weighted by Crippen LogP contribution is 2.23. The van der Waals surface area contributed by atoms with Crippen molar-refractivity contribution >= 4 is 28.4 Å². The molecule has 0 atom stereocenters. The molecular weight excluding hydrogens is 354 g/mol. The summed E-state index contributed by atoms with van der Waals surface area (Å²) in [7, 11) is 1.61. The summed E-state index contributed by atoms with van der Waals surface area (Å²) in [6.07, 6.45) is 2.59. The van der Waals surface area contributed by atoms with Crippen molar-refractivity contribution in [1.29, 1.82) is 0 Å². The number of hydrogen-bond acceptors (Lipinski definition) is 3. The summed E-state index contributed by atoms with van der Waals surface area (Å²) in [4.78, 5) is 29.6. The van der Waals surface area contributed by atoms with Gasteiger partial charge in [-0.1, -0.05) is 12.1 Å². The molecule has 1 aliphatic rings. The molecule has 144 valence electrons. The van der Waals surface area contributed by atoms with Crippen LogP contribution >= 0.6 is 0 Å². The minimum Gasteiger partial charge on any atom is -0.497 e. The number of nitrogens with zero attached hydrogens (tertiary/aromatic N) is 1. The average molecular weight is 377 g/mol. The summed E-state index contributed by atoms with van der Waals surface area (Å²) in [5, 5.41) is 3.90. The summed E-state index contributed by atoms with van der Waals surface area (Å²) in [5.74, 6) is 0.737. The van der Waals surface area contributed by atoms with Crippen LogP contribution in [0.3, 0.4) is 0 Å². The topological polar surface area (TPSA) is 74.4 Å². The second-order valence-corrected chi connectivity index (χ2v) is 6.99. The van der Waals surface area contributed by atoms with E-state index >= 15 is 0 Å². The lowest BCUT2D eigenvalue weighted by molar-refractivity contribution is -0.119. The van der Waals surface area contributed by atoms with Crippen LogP contribution in [-0.2, 0) is 11.3 Å². The molecule has 2 heterocycles. The second kappa shape index (κ2) is 7.76. The van der Waals surface area contributed by atoms with Gasteiger partial charge in [0, 0.05) is 42.2 Å². The molecule has 4 rings (SSSR count). The van der Waals surface area contributed by atoms with Crippen LogP contribution in [0.5, 0.6) is 5.75 Å². The lowest BCUT2D eigenvalue weighted by Crippen LogP contribution is -2.35. The monoisotopic (exact) mass is 377 g/mol. The molecule has 0 radical (unpaired) electrons. The number of amides is 2. The zero-order chi connectivity index (χ0) is 19.5. The van der Waals surface area contributed by atoms with Crippen molar-refractivity contribution in [3.8, 4) is 5.75 Å². The largest absolute Gasteiger partial charge is 0.497 e. The first kappa shape index (κ1) is 18.1. The minimum absolute atomic E-state index is 0.168. The van der Waals surface area contributed by atoms with Gasteiger partial charge in [-0.25, -0.2) is 0 Å². The Balaban J connectivity index is 1.45. The number of methoxy groups -OCH3 is 1. The van der Waals surface area contributed by atoms with Crippen molar-refractivity contribution in [2.24, 2.45) is 0 Å². The Morgan fingerprint density at radius 3 is 2.89 bits per heavy atom. The summed E-state index contributed by atoms with van der Waals surface area (Å²) >= 11 is 0. The fourth-order valence-electron chi connectivity index (χ4n) is 3.55. The van der Waals surface area contributed by atoms with Crippen molar-refractivity contribution in [2.75, 3.05) is 18.6 Å². The third-order valence-electron chi connectivity index (χ3n) is 5.07. The molecule has 6 heteroatoms. The molecule has 28 heavy (non-hydrogen) atoms. The van der Waals surface area contributed by atoms with Crippen LogP contribution in [-0.4, -0.2) is 30.5 Å². The van der Waals surface area contributed by atoms with Gasteiger partial charge in [-0.3, -0.25) is 9.59 Å². The fourth-order valence-corrected chi connectivity index (χ4v) is 3.55. The van der Waals surface area contributed by atoms with Gasteiger partial charge in [0.1, 0.15) is 11.4 Å². The molecule has 1 saturated heterocycles. The number of ether oxygens (including phenoxy) is 1. The Labute approximate surface area is 163 Å². The summed E-state index contributed by atoms with van der Waals surface area (Å²) in [6, 6.07) is 15.3. The van der Waals surface area contributed by atoms with Gasteiger partial charge in [0.15, 0.2) is 0 Å². The van der Waals surface area contributed by atoms with E-state index in [0.717, 1.165) is 47.3 Å². The quantitative estimate of drug-likeness (QED) is 0.713. The SMILES string of the molecule is COc1ccc2cc(C(=O)NCc3cccc(N4CCCCC4=O)c3)[nH]c2c1. The summed E-state index contributed by atoms with van der Waals surface area (Å²) in [6.45, 7) is 1.15. The normalized spacial score (nSPS) is 14.3. The van der Waals surface area contributed by atoms with Crippen LogP contribution in [0.25, 0.3) is 10.9 Å². The molecule has 6 nitrogen and oxygen atoms in total. The van der Waals surface area contributed by atoms with Crippen LogP contribution in [0.15, 0.2) is 48.5 Å². The fraction of sp³-hybridized carbons (Fsp3) is 0.273. The number of aromatic nitrogens is 1. The molecule has 1 aromatic heterocycles. The Morgan fingerprint density at radius 1 is 1.18 bits per heavy atom. The van der Waals surface area contributed by atoms with Gasteiger partial charge >= 0.3 is 0 Å². The van der Waals surface area contributed by atoms with Crippen molar-refractivity contribution in [1.82, 2.24) is 10.3 Å². The van der Waals surface area contributed by atoms with E-state index in [4.69, 9.17) is 4.74 Å². The van der Waals surface area contributed by atoms with Crippen LogP contribution in [0.2, 0.25) is 0 Å². The van der Waals surface area contributed by atoms with E-state index in [2.05, 4.69) is 10.3 Å². The number of hydrogen-bond donors (Lipinski definition) is 2. The maximum absolute atomic E-state index is 12.5. The molecule has 0 spiro atoms. The molecule has 2 amide bonds. The second-order valence-electron chi connectivity index (χ2n) is 6.99. The highest BCUT2D eigenvalue weighted by Gasteiger charge is 2.19. The van der Waals surface area contributed by atoms with Crippen molar-refractivity contribution in [2.45, 2.75) is 25.8 Å². The molecular formula is C22H23N3O3. The molecule has 2 aromatic carbocycles. The maximum Gasteiger partial charge on any atom is 0.267 e. The first-order valence-corrected chi connectivity index (χ1v) is 9.48. The first-order valence-electron chi connectivity index (χ1n) is 9.48. The van der Waals surface area contributed by atoms with Crippen LogP contribution < -0.4 is 15.0 Å². The zero-order valence-electron chi connectivity index (χ0n) is 15.8. The third-order valence-corrected chi connectivity index (χ3v) is 5.07. The van der Waals surface area contributed by atoms with E-state index in [1.165, 1.54) is 0 Å². The third kappa shape index (κ3) is 3.71. The van der Waals surface area contributed by atoms with Crippen molar-refractivity contribution in [3.05, 3.63) is 59.8 Å². The first-order chi connectivity index (χ1) is 13.6. The van der Waals surface area contributed by atoms with Gasteiger partial charge in [-0.15, -0.1) is 0 Å². The number of carbonyl (C=O) groups excluding carboxylic acids is 2. The van der Waals surface area contributed by atoms with E-state index < -0.39 is 0 Å². The highest BCUT2D eigenvalue weighted by atomic mass is 16.5. The average Bonchev–Trinajstić information content (AvgIpc) is 3.16. The van der Waals surface area contributed by atoms with Crippen LogP contribution in [0, 0.1) is 0 Å². The number of H-pyrrole nitrogens is 1. The van der Waals surface area contributed by atoms with Gasteiger partial charge < -0.3 is 19.9 Å². The van der Waals surface area contributed by atoms with Gasteiger partial charge in [-0.2, -0.15) is 0 Å². The van der Waals surface area contributed by atoms with E-state index in [0.29, 0.717) is 18.7 Å². The highest BCUT2D eigenvalue weighted by molar-refractivity contribution is 5.98. The van der Waals surface area contributed by atoms with Crippen LogP contribution in [0.1, 0.15) is 35.3 Å². The molecule has 0 unspecified atom stereocenters. The Morgan fingerprint density at radius 2 is 2.07 bits per heavy atom. The molecule has 3 aromatic rings. The zero-order valence-corrected chi connectivity index (χ0v) is 15.8. The molecule has 0 saturated carbocycles. The molecule has 0 bridgehead atoms. The van der Waals surface area contributed by atoms with Crippen molar-refractivity contribution in [3.63, 3.8) is 0 Å². The number of benzene rings is 2. The Kier molecular flexibility index (Phi) is 5.02. The van der Waals surface area contributed by atoms with Gasteiger partial charge in [-0.05, 0) is 48.7 Å². The number of fused-ring (bicyclic) bond motifs is 1. The summed E-state index contributed by atoms with van der Waals surface area (Å²) < 4.78 is 5.22. The Hall–Kier alpha value is -3.28. The smallest absolute Gasteiger partial charge is 0.267 e. The number of anilines is 1. The van der Waals surface area contributed by atoms with Gasteiger partial charge in [0.2, 0.25) is 5.91 Å². The van der Waals surface area contributed by atoms with E-state index in [9.17, 15) is 9.59 Å². The van der Waals surface area contributed by atoms with E-state index in [1.807, 2.05) is 53.4 Å². The minimum atomic E-state index is -0.172. The Bertz CT molecular complexity index is 1020. The number of piperidine rings is 1. The molecule has 2 N–H and O–H groups in total. The van der Waals surface area contributed by atoms with Crippen LogP contribution in [0.4, 0.5) is 5.69 Å². The maximum atomic E-state index is 12.5. The molecule has 0 aliphatic carbocycles. The van der Waals surface area contributed by atoms with Gasteiger partial charge in [0.05, 0.1) is 7.11 Å². The molecule has 1 fully saturated rings. The van der Waals surface area contributed by atoms with Crippen molar-refractivity contribution < 1.29 is 14.3 Å². The number of aromatic amines is 1. The standard InChI is InChI=1S/C22H23N3O3/c1-28-18-9-8-16-12-20(24-19(16)13-18)22(27)23-14-15-5-4-6-17(11-15)25-10-3-2-7-21(25)26/h4-6,8-9,11-13,24H,2-3,7,10,14H2,1H3,(H,23,27). The number of rotatable bonds is 5. The number of nitrogens with one attached hydrogen (secondary N) is 2. The predicted molar refractivity (Wildman–Crippen MR) is 109 cm³/mol. The predicted octanol–water partition coefficient (Wildman–Crippen LogP) is 3.62. The summed E-state index contributed by atoms with van der Waals surface area (Å²) in [5.41, 5.74) is 3.22. The van der Waals surface area contributed by atoms with Gasteiger partial charge in [0.25, 0.3) is 5.91 Å². The van der Waals surface area contributed by atoms with E-state index in [1.54, 1.807) is 7.11 Å². The van der Waals surface area contributed by atoms with E-state index in [-0.39, 0.29) is 11.8 Å². The lowest BCUT2D eigenvalue weighted by atomic mass is 10.1. The number of carbonyl (C=O) groups is 2. The molecule has 1 aliphatic heterocycles. The lowest BCUT2D eigenvalue weighted by Gasteiger charge is -2.27.